The van der Waals surface area contributed by atoms with Crippen LogP contribution in [0.3, 0.4) is 0 Å². The summed E-state index contributed by atoms with van der Waals surface area (Å²) in [4.78, 5) is 36.2. The lowest BCUT2D eigenvalue weighted by Gasteiger charge is -2.22. The molecule has 178 valence electrons. The summed E-state index contributed by atoms with van der Waals surface area (Å²) in [6.45, 7) is 4.71. The van der Waals surface area contributed by atoms with Gasteiger partial charge in [-0.1, -0.05) is 42.5 Å². The molecular weight excluding hydrogens is 428 g/mol. The lowest BCUT2D eigenvalue weighted by atomic mass is 10.0. The van der Waals surface area contributed by atoms with Crippen LogP contribution in [0.25, 0.3) is 11.1 Å². The normalized spacial score (nSPS) is 12.9. The van der Waals surface area contributed by atoms with E-state index in [-0.39, 0.29) is 13.1 Å². The molecule has 0 aliphatic carbocycles. The van der Waals surface area contributed by atoms with Gasteiger partial charge >= 0.3 is 6.09 Å². The average molecular weight is 459 g/mol. The van der Waals surface area contributed by atoms with Crippen LogP contribution in [0, 0.1) is 0 Å². The Kier molecular flexibility index (Phi) is 9.34. The Morgan fingerprint density at radius 2 is 1.55 bits per heavy atom. The molecule has 0 radical (unpaired) electrons. The van der Waals surface area contributed by atoms with E-state index in [1.54, 1.807) is 45.0 Å². The van der Waals surface area contributed by atoms with Crippen molar-refractivity contribution in [2.75, 3.05) is 13.1 Å². The second-order valence-corrected chi connectivity index (χ2v) is 8.25. The van der Waals surface area contributed by atoms with Gasteiger partial charge in [0, 0.05) is 12.1 Å². The number of rotatable bonds is 9. The van der Waals surface area contributed by atoms with Gasteiger partial charge in [-0.25, -0.2) is 10.3 Å². The molecule has 0 bridgehead atoms. The SMILES string of the molecule is CC(C)(C)OC(=O)NC[C@H](O)NC[C@H](NC(=O)c1ccc(-c2ccccc2)cc1)C(=O)NO. The summed E-state index contributed by atoms with van der Waals surface area (Å²) in [6, 6.07) is 15.3. The van der Waals surface area contributed by atoms with Crippen LogP contribution in [0.4, 0.5) is 4.79 Å². The van der Waals surface area contributed by atoms with Gasteiger partial charge < -0.3 is 20.5 Å². The average Bonchev–Trinajstić information content (AvgIpc) is 2.79. The molecule has 0 spiro atoms. The molecule has 0 saturated heterocycles. The number of amides is 3. The number of benzene rings is 2. The third-order valence-electron chi connectivity index (χ3n) is 4.38. The summed E-state index contributed by atoms with van der Waals surface area (Å²) in [5, 5.41) is 26.5. The molecule has 33 heavy (non-hydrogen) atoms. The molecule has 6 N–H and O–H groups in total. The monoisotopic (exact) mass is 458 g/mol. The Morgan fingerprint density at radius 3 is 2.12 bits per heavy atom. The van der Waals surface area contributed by atoms with E-state index in [0.29, 0.717) is 5.56 Å². The summed E-state index contributed by atoms with van der Waals surface area (Å²) in [7, 11) is 0. The smallest absolute Gasteiger partial charge is 0.407 e. The first-order valence-electron chi connectivity index (χ1n) is 10.4. The van der Waals surface area contributed by atoms with Crippen LogP contribution in [0.5, 0.6) is 0 Å². The van der Waals surface area contributed by atoms with Crippen molar-refractivity contribution in [1.82, 2.24) is 21.4 Å². The van der Waals surface area contributed by atoms with Crippen LogP contribution in [0.2, 0.25) is 0 Å². The number of hydroxylamine groups is 1. The maximum atomic E-state index is 12.6. The first-order chi connectivity index (χ1) is 15.6. The maximum absolute atomic E-state index is 12.6. The van der Waals surface area contributed by atoms with Gasteiger partial charge in [-0.15, -0.1) is 0 Å². The van der Waals surface area contributed by atoms with Crippen LogP contribution in [-0.2, 0) is 9.53 Å². The number of hydrogen-bond donors (Lipinski definition) is 6. The molecule has 0 fully saturated rings. The zero-order chi connectivity index (χ0) is 24.4. The third-order valence-corrected chi connectivity index (χ3v) is 4.38. The molecule has 0 aliphatic heterocycles. The Morgan fingerprint density at radius 1 is 0.939 bits per heavy atom. The maximum Gasteiger partial charge on any atom is 0.407 e. The van der Waals surface area contributed by atoms with E-state index in [0.717, 1.165) is 11.1 Å². The predicted molar refractivity (Wildman–Crippen MR) is 121 cm³/mol. The highest BCUT2D eigenvalue weighted by molar-refractivity contribution is 5.97. The van der Waals surface area contributed by atoms with Gasteiger partial charge in [0.15, 0.2) is 0 Å². The van der Waals surface area contributed by atoms with E-state index in [9.17, 15) is 19.5 Å². The highest BCUT2D eigenvalue weighted by atomic mass is 16.6. The van der Waals surface area contributed by atoms with Gasteiger partial charge in [0.05, 0.1) is 6.54 Å². The summed E-state index contributed by atoms with van der Waals surface area (Å²) in [6.07, 6.45) is -1.94. The number of carbonyl (C=O) groups excluding carboxylic acids is 3. The van der Waals surface area contributed by atoms with Crippen LogP contribution in [0.15, 0.2) is 54.6 Å². The minimum Gasteiger partial charge on any atom is -0.444 e. The molecule has 0 aliphatic rings. The molecule has 0 unspecified atom stereocenters. The van der Waals surface area contributed by atoms with Crippen LogP contribution in [-0.4, -0.2) is 59.2 Å². The molecular formula is C23H30N4O6. The second-order valence-electron chi connectivity index (χ2n) is 8.25. The fraction of sp³-hybridized carbons (Fsp3) is 0.348. The highest BCUT2D eigenvalue weighted by Crippen LogP contribution is 2.19. The standard InChI is InChI=1S/C23H30N4O6/c1-23(2,3)33-22(31)25-14-19(28)24-13-18(21(30)27-32)26-20(29)17-11-9-16(10-12-17)15-7-5-4-6-8-15/h4-12,18-19,24,28,32H,13-14H2,1-3H3,(H,25,31)(H,26,29)(H,27,30)/t18-,19-/m0/s1. The highest BCUT2D eigenvalue weighted by Gasteiger charge is 2.23. The fourth-order valence-electron chi connectivity index (χ4n) is 2.79. The molecule has 2 atom stereocenters. The quantitative estimate of drug-likeness (QED) is 0.189. The second kappa shape index (κ2) is 12.0. The van der Waals surface area contributed by atoms with Crippen molar-refractivity contribution < 1.29 is 29.4 Å². The van der Waals surface area contributed by atoms with Crippen LogP contribution >= 0.6 is 0 Å². The number of alkyl carbamates (subject to hydrolysis) is 1. The van der Waals surface area contributed by atoms with Crippen LogP contribution < -0.4 is 21.4 Å². The Balaban J connectivity index is 1.91. The van der Waals surface area contributed by atoms with Gasteiger partial charge in [0.1, 0.15) is 17.9 Å². The van der Waals surface area contributed by atoms with Gasteiger partial charge in [0.25, 0.3) is 11.8 Å². The molecule has 3 amide bonds. The van der Waals surface area contributed by atoms with Gasteiger partial charge in [-0.05, 0) is 44.0 Å². The van der Waals surface area contributed by atoms with E-state index in [1.165, 1.54) is 5.48 Å². The van der Waals surface area contributed by atoms with Crippen molar-refractivity contribution in [2.45, 2.75) is 38.6 Å². The first kappa shape index (κ1) is 25.8. The van der Waals surface area contributed by atoms with Crippen molar-refractivity contribution in [3.05, 3.63) is 60.2 Å². The lowest BCUT2D eigenvalue weighted by Crippen LogP contribution is -2.54. The third kappa shape index (κ3) is 8.89. The van der Waals surface area contributed by atoms with E-state index < -0.39 is 35.8 Å². The first-order valence-corrected chi connectivity index (χ1v) is 10.4. The van der Waals surface area contributed by atoms with Crippen LogP contribution in [0.1, 0.15) is 31.1 Å². The fourth-order valence-corrected chi connectivity index (χ4v) is 2.79. The molecule has 0 saturated carbocycles. The summed E-state index contributed by atoms with van der Waals surface area (Å²) in [5.41, 5.74) is 3.05. The van der Waals surface area contributed by atoms with Gasteiger partial charge in [-0.3, -0.25) is 20.1 Å². The molecule has 10 nitrogen and oxygen atoms in total. The Hall–Kier alpha value is -3.47. The lowest BCUT2D eigenvalue weighted by molar-refractivity contribution is -0.131. The zero-order valence-corrected chi connectivity index (χ0v) is 18.8. The van der Waals surface area contributed by atoms with Crippen molar-refractivity contribution in [3.63, 3.8) is 0 Å². The Labute approximate surface area is 192 Å². The van der Waals surface area contributed by atoms with E-state index >= 15 is 0 Å². The molecule has 2 rings (SSSR count). The minimum atomic E-state index is -1.23. The zero-order valence-electron chi connectivity index (χ0n) is 18.8. The number of aliphatic hydroxyl groups is 1. The molecule has 2 aromatic carbocycles. The largest absolute Gasteiger partial charge is 0.444 e. The van der Waals surface area contributed by atoms with E-state index in [1.807, 2.05) is 30.3 Å². The van der Waals surface area contributed by atoms with E-state index in [2.05, 4.69) is 16.0 Å². The van der Waals surface area contributed by atoms with Crippen molar-refractivity contribution in [3.8, 4) is 11.1 Å². The summed E-state index contributed by atoms with van der Waals surface area (Å²) in [5.74, 6) is -1.41. The predicted octanol–water partition coefficient (Wildman–Crippen LogP) is 1.39. The number of ether oxygens (including phenoxy) is 1. The van der Waals surface area contributed by atoms with Gasteiger partial charge in [-0.2, -0.15) is 0 Å². The Bertz CT molecular complexity index is 928. The summed E-state index contributed by atoms with van der Waals surface area (Å²) >= 11 is 0. The van der Waals surface area contributed by atoms with E-state index in [4.69, 9.17) is 9.94 Å². The van der Waals surface area contributed by atoms with Crippen molar-refractivity contribution >= 4 is 17.9 Å². The van der Waals surface area contributed by atoms with Gasteiger partial charge in [0.2, 0.25) is 0 Å². The molecule has 2 aromatic rings. The van der Waals surface area contributed by atoms with Crippen molar-refractivity contribution in [1.29, 1.82) is 0 Å². The molecule has 0 aromatic heterocycles. The van der Waals surface area contributed by atoms with Crippen molar-refractivity contribution in [2.24, 2.45) is 0 Å². The number of hydrogen-bond acceptors (Lipinski definition) is 7. The topological polar surface area (TPSA) is 149 Å². The molecule has 10 heteroatoms. The number of carbonyl (C=O) groups is 3. The summed E-state index contributed by atoms with van der Waals surface area (Å²) < 4.78 is 5.06. The number of aliphatic hydroxyl groups excluding tert-OH is 1. The minimum absolute atomic E-state index is 0.197. The molecule has 0 heterocycles. The number of nitrogens with one attached hydrogen (secondary N) is 4.